The molecule has 3 rings (SSSR count). The van der Waals surface area contributed by atoms with E-state index in [1.807, 2.05) is 18.2 Å². The van der Waals surface area contributed by atoms with E-state index in [2.05, 4.69) is 20.8 Å². The van der Waals surface area contributed by atoms with Crippen LogP contribution in [0.3, 0.4) is 0 Å². The molecule has 0 fully saturated rings. The molecule has 0 saturated heterocycles. The second kappa shape index (κ2) is 9.08. The Morgan fingerprint density at radius 1 is 1.26 bits per heavy atom. The number of hydrogen-bond donors (Lipinski definition) is 1. The van der Waals surface area contributed by atoms with Gasteiger partial charge in [-0.15, -0.1) is 5.10 Å². The van der Waals surface area contributed by atoms with E-state index in [9.17, 15) is 4.79 Å². The van der Waals surface area contributed by atoms with E-state index >= 15 is 0 Å². The summed E-state index contributed by atoms with van der Waals surface area (Å²) in [6, 6.07) is 9.15. The summed E-state index contributed by atoms with van der Waals surface area (Å²) >= 11 is 1.26. The fourth-order valence-corrected chi connectivity index (χ4v) is 3.03. The Morgan fingerprint density at radius 3 is 2.85 bits per heavy atom. The lowest BCUT2D eigenvalue weighted by atomic mass is 10.2. The van der Waals surface area contributed by atoms with Gasteiger partial charge in [-0.1, -0.05) is 17.8 Å². The smallest absolute Gasteiger partial charge is 0.230 e. The second-order valence-corrected chi connectivity index (χ2v) is 6.40. The monoisotopic (exact) mass is 389 g/mol. The van der Waals surface area contributed by atoms with Crippen molar-refractivity contribution < 1.29 is 18.7 Å². The molecule has 0 aliphatic heterocycles. The van der Waals surface area contributed by atoms with Gasteiger partial charge in [0.05, 0.1) is 26.2 Å². The van der Waals surface area contributed by atoms with Crippen molar-refractivity contribution in [1.82, 2.24) is 25.5 Å². The normalized spacial score (nSPS) is 10.6. The highest BCUT2D eigenvalue weighted by Gasteiger charge is 2.12. The third kappa shape index (κ3) is 5.00. The molecule has 1 N–H and O–H groups in total. The third-order valence-electron chi connectivity index (χ3n) is 3.65. The van der Waals surface area contributed by atoms with E-state index in [4.69, 9.17) is 13.9 Å². The van der Waals surface area contributed by atoms with Crippen LogP contribution in [0.25, 0.3) is 0 Å². The molecule has 9 nitrogen and oxygen atoms in total. The van der Waals surface area contributed by atoms with Gasteiger partial charge in [-0.3, -0.25) is 4.79 Å². The Labute approximate surface area is 160 Å². The zero-order valence-corrected chi connectivity index (χ0v) is 15.7. The summed E-state index contributed by atoms with van der Waals surface area (Å²) in [5, 5.41) is 14.9. The predicted molar refractivity (Wildman–Crippen MR) is 97.7 cm³/mol. The van der Waals surface area contributed by atoms with E-state index < -0.39 is 0 Å². The summed E-state index contributed by atoms with van der Waals surface area (Å²) in [4.78, 5) is 12.1. The largest absolute Gasteiger partial charge is 0.493 e. The number of amides is 1. The van der Waals surface area contributed by atoms with Crippen LogP contribution in [0.1, 0.15) is 11.3 Å². The standard InChI is InChI=1S/C17H19N5O4S/c1-24-14-6-5-12(8-15(14)25-2)9-18-16(23)11-27-17-19-20-21-22(17)10-13-4-3-7-26-13/h3-8H,9-11H2,1-2H3,(H,18,23). The maximum Gasteiger partial charge on any atom is 0.230 e. The van der Waals surface area contributed by atoms with Crippen LogP contribution in [-0.2, 0) is 17.9 Å². The molecule has 1 amide bonds. The fourth-order valence-electron chi connectivity index (χ4n) is 2.32. The zero-order valence-electron chi connectivity index (χ0n) is 14.9. The molecule has 3 aromatic rings. The number of hydrogen-bond acceptors (Lipinski definition) is 8. The summed E-state index contributed by atoms with van der Waals surface area (Å²) < 4.78 is 17.3. The van der Waals surface area contributed by atoms with Crippen molar-refractivity contribution in [2.24, 2.45) is 0 Å². The summed E-state index contributed by atoms with van der Waals surface area (Å²) in [5.74, 6) is 2.08. The van der Waals surface area contributed by atoms with Crippen LogP contribution < -0.4 is 14.8 Å². The van der Waals surface area contributed by atoms with Gasteiger partial charge < -0.3 is 19.2 Å². The molecule has 0 spiro atoms. The first-order chi connectivity index (χ1) is 13.2. The minimum absolute atomic E-state index is 0.123. The molecular formula is C17H19N5O4S. The Balaban J connectivity index is 1.50. The molecule has 0 bridgehead atoms. The average Bonchev–Trinajstić information content (AvgIpc) is 3.36. The number of furan rings is 1. The number of ether oxygens (including phenoxy) is 2. The van der Waals surface area contributed by atoms with E-state index in [0.29, 0.717) is 29.7 Å². The highest BCUT2D eigenvalue weighted by Crippen LogP contribution is 2.27. The Morgan fingerprint density at radius 2 is 2.11 bits per heavy atom. The highest BCUT2D eigenvalue weighted by molar-refractivity contribution is 7.99. The van der Waals surface area contributed by atoms with Gasteiger partial charge in [0, 0.05) is 6.54 Å². The lowest BCUT2D eigenvalue weighted by molar-refractivity contribution is -0.118. The van der Waals surface area contributed by atoms with Crippen molar-refractivity contribution in [2.75, 3.05) is 20.0 Å². The molecule has 0 aliphatic carbocycles. The molecule has 0 atom stereocenters. The molecular weight excluding hydrogens is 370 g/mol. The number of nitrogens with zero attached hydrogens (tertiary/aromatic N) is 4. The van der Waals surface area contributed by atoms with Gasteiger partial charge in [-0.25, -0.2) is 4.68 Å². The van der Waals surface area contributed by atoms with E-state index in [1.165, 1.54) is 11.8 Å². The Hall–Kier alpha value is -3.01. The van der Waals surface area contributed by atoms with Crippen LogP contribution in [0.2, 0.25) is 0 Å². The number of rotatable bonds is 9. The summed E-state index contributed by atoms with van der Waals surface area (Å²) in [6.45, 7) is 0.798. The summed E-state index contributed by atoms with van der Waals surface area (Å²) in [7, 11) is 3.15. The van der Waals surface area contributed by atoms with Gasteiger partial charge in [-0.2, -0.15) is 0 Å². The van der Waals surface area contributed by atoms with Gasteiger partial charge in [-0.05, 0) is 40.3 Å². The van der Waals surface area contributed by atoms with Crippen molar-refractivity contribution in [2.45, 2.75) is 18.2 Å². The topological polar surface area (TPSA) is 104 Å². The number of benzene rings is 1. The SMILES string of the molecule is COc1ccc(CNC(=O)CSc2nnnn2Cc2ccco2)cc1OC. The molecule has 10 heteroatoms. The quantitative estimate of drug-likeness (QED) is 0.552. The number of nitrogens with one attached hydrogen (secondary N) is 1. The van der Waals surface area contributed by atoms with Crippen LogP contribution in [-0.4, -0.2) is 46.1 Å². The number of carbonyl (C=O) groups excluding carboxylic acids is 1. The molecule has 0 unspecified atom stereocenters. The molecule has 0 saturated carbocycles. The van der Waals surface area contributed by atoms with Crippen molar-refractivity contribution in [3.8, 4) is 11.5 Å². The van der Waals surface area contributed by atoms with Crippen molar-refractivity contribution in [3.05, 3.63) is 47.9 Å². The summed E-state index contributed by atoms with van der Waals surface area (Å²) in [6.07, 6.45) is 1.59. The number of aromatic nitrogens is 4. The zero-order chi connectivity index (χ0) is 19.1. The average molecular weight is 389 g/mol. The Kier molecular flexibility index (Phi) is 6.31. The van der Waals surface area contributed by atoms with Gasteiger partial charge in [0.25, 0.3) is 0 Å². The molecule has 1 aromatic carbocycles. The second-order valence-electron chi connectivity index (χ2n) is 5.45. The van der Waals surface area contributed by atoms with Crippen LogP contribution in [0.15, 0.2) is 46.2 Å². The molecule has 2 heterocycles. The predicted octanol–water partition coefficient (Wildman–Crippen LogP) is 1.74. The first-order valence-corrected chi connectivity index (χ1v) is 9.07. The third-order valence-corrected chi connectivity index (χ3v) is 4.61. The number of tetrazole rings is 1. The number of carbonyl (C=O) groups is 1. The van der Waals surface area contributed by atoms with Crippen LogP contribution in [0.4, 0.5) is 0 Å². The minimum atomic E-state index is -0.123. The maximum absolute atomic E-state index is 12.1. The van der Waals surface area contributed by atoms with Crippen LogP contribution in [0.5, 0.6) is 11.5 Å². The lowest BCUT2D eigenvalue weighted by Crippen LogP contribution is -2.24. The number of thioether (sulfide) groups is 1. The Bertz CT molecular complexity index is 881. The van der Waals surface area contributed by atoms with E-state index in [-0.39, 0.29) is 11.7 Å². The fraction of sp³-hybridized carbons (Fsp3) is 0.294. The summed E-state index contributed by atoms with van der Waals surface area (Å²) in [5.41, 5.74) is 0.911. The molecule has 142 valence electrons. The highest BCUT2D eigenvalue weighted by atomic mass is 32.2. The molecule has 0 aliphatic rings. The van der Waals surface area contributed by atoms with Crippen molar-refractivity contribution >= 4 is 17.7 Å². The van der Waals surface area contributed by atoms with Crippen molar-refractivity contribution in [3.63, 3.8) is 0 Å². The molecule has 27 heavy (non-hydrogen) atoms. The first-order valence-electron chi connectivity index (χ1n) is 8.08. The van der Waals surface area contributed by atoms with E-state index in [0.717, 1.165) is 11.3 Å². The van der Waals surface area contributed by atoms with Gasteiger partial charge in [0.2, 0.25) is 11.1 Å². The van der Waals surface area contributed by atoms with Gasteiger partial charge in [0.15, 0.2) is 11.5 Å². The van der Waals surface area contributed by atoms with Gasteiger partial charge in [0.1, 0.15) is 12.3 Å². The number of methoxy groups -OCH3 is 2. The molecule has 0 radical (unpaired) electrons. The molecule has 2 aromatic heterocycles. The van der Waals surface area contributed by atoms with E-state index in [1.54, 1.807) is 37.3 Å². The minimum Gasteiger partial charge on any atom is -0.493 e. The maximum atomic E-state index is 12.1. The van der Waals surface area contributed by atoms with Crippen LogP contribution in [0, 0.1) is 0 Å². The van der Waals surface area contributed by atoms with Gasteiger partial charge >= 0.3 is 0 Å². The first kappa shape index (κ1) is 18.8. The van der Waals surface area contributed by atoms with Crippen LogP contribution >= 0.6 is 11.8 Å². The van der Waals surface area contributed by atoms with Crippen molar-refractivity contribution in [1.29, 1.82) is 0 Å². The lowest BCUT2D eigenvalue weighted by Gasteiger charge is -2.10.